The third kappa shape index (κ3) is 2.86. The number of nitrogens with zero attached hydrogens (tertiary/aromatic N) is 1. The van der Waals surface area contributed by atoms with Gasteiger partial charge in [-0.3, -0.25) is 4.79 Å². The highest BCUT2D eigenvalue weighted by atomic mass is 16.7. The molecule has 106 valence electrons. The number of carbonyl (C=O) groups excluding carboxylic acids is 1. The smallest absolute Gasteiger partial charge is 0.271 e. The van der Waals surface area contributed by atoms with Crippen molar-refractivity contribution >= 4 is 11.6 Å². The maximum Gasteiger partial charge on any atom is 0.271 e. The topological polar surface area (TPSA) is 59.9 Å². The minimum absolute atomic E-state index is 0.186. The van der Waals surface area contributed by atoms with Gasteiger partial charge in [-0.15, -0.1) is 0 Å². The summed E-state index contributed by atoms with van der Waals surface area (Å²) >= 11 is 0. The highest BCUT2D eigenvalue weighted by molar-refractivity contribution is 6.01. The molecule has 0 saturated heterocycles. The summed E-state index contributed by atoms with van der Waals surface area (Å²) < 4.78 is 10.5. The summed E-state index contributed by atoms with van der Waals surface area (Å²) in [6.45, 7) is 2.03. The van der Waals surface area contributed by atoms with Gasteiger partial charge in [0.05, 0.1) is 5.71 Å². The van der Waals surface area contributed by atoms with Gasteiger partial charge in [-0.2, -0.15) is 5.10 Å². The minimum atomic E-state index is -0.288. The Hall–Kier alpha value is -2.82. The van der Waals surface area contributed by atoms with Crippen molar-refractivity contribution in [1.82, 2.24) is 5.43 Å². The van der Waals surface area contributed by atoms with Gasteiger partial charge >= 0.3 is 0 Å². The second kappa shape index (κ2) is 5.66. The predicted molar refractivity (Wildman–Crippen MR) is 78.7 cm³/mol. The SMILES string of the molecule is C/C(=N\NC(=O)c1ccc2c(c1)OCO2)c1ccccc1. The fraction of sp³-hybridized carbons (Fsp3) is 0.125. The van der Waals surface area contributed by atoms with Gasteiger partial charge in [0.15, 0.2) is 11.5 Å². The van der Waals surface area contributed by atoms with E-state index in [9.17, 15) is 4.79 Å². The molecule has 1 amide bonds. The molecular weight excluding hydrogens is 268 g/mol. The fourth-order valence-corrected chi connectivity index (χ4v) is 1.98. The summed E-state index contributed by atoms with van der Waals surface area (Å²) in [7, 11) is 0. The number of hydrazone groups is 1. The lowest BCUT2D eigenvalue weighted by Crippen LogP contribution is -2.19. The molecule has 0 atom stereocenters. The van der Waals surface area contributed by atoms with E-state index >= 15 is 0 Å². The van der Waals surface area contributed by atoms with Crippen LogP contribution in [0.25, 0.3) is 0 Å². The van der Waals surface area contributed by atoms with Crippen LogP contribution >= 0.6 is 0 Å². The zero-order valence-electron chi connectivity index (χ0n) is 11.5. The van der Waals surface area contributed by atoms with Gasteiger partial charge in [-0.1, -0.05) is 30.3 Å². The van der Waals surface area contributed by atoms with Crippen molar-refractivity contribution in [3.63, 3.8) is 0 Å². The van der Waals surface area contributed by atoms with Gasteiger partial charge in [0.25, 0.3) is 5.91 Å². The summed E-state index contributed by atoms with van der Waals surface area (Å²) in [5.74, 6) is 0.936. The molecule has 2 aromatic rings. The molecule has 0 unspecified atom stereocenters. The number of hydrogen-bond donors (Lipinski definition) is 1. The number of ether oxygens (including phenoxy) is 2. The monoisotopic (exact) mass is 282 g/mol. The summed E-state index contributed by atoms with van der Waals surface area (Å²) in [6.07, 6.45) is 0. The first-order chi connectivity index (χ1) is 10.2. The largest absolute Gasteiger partial charge is 0.454 e. The van der Waals surface area contributed by atoms with Crippen molar-refractivity contribution in [3.05, 3.63) is 59.7 Å². The fourth-order valence-electron chi connectivity index (χ4n) is 1.98. The van der Waals surface area contributed by atoms with Crippen molar-refractivity contribution in [2.75, 3.05) is 6.79 Å². The van der Waals surface area contributed by atoms with Crippen LogP contribution in [0.15, 0.2) is 53.6 Å². The quantitative estimate of drug-likeness (QED) is 0.695. The van der Waals surface area contributed by atoms with Crippen LogP contribution in [0, 0.1) is 0 Å². The van der Waals surface area contributed by atoms with Gasteiger partial charge in [0.2, 0.25) is 6.79 Å². The lowest BCUT2D eigenvalue weighted by Gasteiger charge is -2.04. The second-order valence-corrected chi connectivity index (χ2v) is 4.57. The van der Waals surface area contributed by atoms with E-state index in [2.05, 4.69) is 10.5 Å². The van der Waals surface area contributed by atoms with Crippen LogP contribution in [0.4, 0.5) is 0 Å². The lowest BCUT2D eigenvalue weighted by atomic mass is 10.1. The predicted octanol–water partition coefficient (Wildman–Crippen LogP) is 2.57. The number of rotatable bonds is 3. The first kappa shape index (κ1) is 13.2. The Morgan fingerprint density at radius 2 is 1.81 bits per heavy atom. The molecule has 0 radical (unpaired) electrons. The number of benzene rings is 2. The number of hydrogen-bond acceptors (Lipinski definition) is 4. The molecular formula is C16H14N2O3. The van der Waals surface area contributed by atoms with Gasteiger partial charge < -0.3 is 9.47 Å². The maximum absolute atomic E-state index is 12.1. The molecule has 1 aliphatic heterocycles. The molecule has 0 saturated carbocycles. The molecule has 0 aromatic heterocycles. The second-order valence-electron chi connectivity index (χ2n) is 4.57. The highest BCUT2D eigenvalue weighted by Crippen LogP contribution is 2.32. The van der Waals surface area contributed by atoms with E-state index in [4.69, 9.17) is 9.47 Å². The van der Waals surface area contributed by atoms with Gasteiger partial charge in [-0.05, 0) is 30.7 Å². The van der Waals surface area contributed by atoms with Gasteiger partial charge in [-0.25, -0.2) is 5.43 Å². The molecule has 0 spiro atoms. The van der Waals surface area contributed by atoms with E-state index < -0.39 is 0 Å². The van der Waals surface area contributed by atoms with Crippen molar-refractivity contribution in [2.24, 2.45) is 5.10 Å². The average molecular weight is 282 g/mol. The first-order valence-corrected chi connectivity index (χ1v) is 6.54. The van der Waals surface area contributed by atoms with Crippen LogP contribution in [-0.4, -0.2) is 18.4 Å². The van der Waals surface area contributed by atoms with Gasteiger partial charge in [0.1, 0.15) is 0 Å². The molecule has 0 aliphatic carbocycles. The van der Waals surface area contributed by atoms with E-state index in [1.165, 1.54) is 0 Å². The maximum atomic E-state index is 12.1. The van der Waals surface area contributed by atoms with E-state index in [-0.39, 0.29) is 12.7 Å². The average Bonchev–Trinajstić information content (AvgIpc) is 3.00. The number of carbonyl (C=O) groups is 1. The summed E-state index contributed by atoms with van der Waals surface area (Å²) in [5, 5.41) is 4.11. The standard InChI is InChI=1S/C16H14N2O3/c1-11(12-5-3-2-4-6-12)17-18-16(19)13-7-8-14-15(9-13)21-10-20-14/h2-9H,10H2,1H3,(H,18,19)/b17-11+. The third-order valence-corrected chi connectivity index (χ3v) is 3.15. The number of amides is 1. The third-order valence-electron chi connectivity index (χ3n) is 3.15. The highest BCUT2D eigenvalue weighted by Gasteiger charge is 2.15. The van der Waals surface area contributed by atoms with E-state index in [1.807, 2.05) is 37.3 Å². The summed E-state index contributed by atoms with van der Waals surface area (Å²) in [4.78, 5) is 12.1. The van der Waals surface area contributed by atoms with Crippen molar-refractivity contribution in [2.45, 2.75) is 6.92 Å². The molecule has 1 heterocycles. The van der Waals surface area contributed by atoms with Crippen LogP contribution in [0.5, 0.6) is 11.5 Å². The van der Waals surface area contributed by atoms with Crippen molar-refractivity contribution < 1.29 is 14.3 Å². The molecule has 0 fully saturated rings. The zero-order valence-corrected chi connectivity index (χ0v) is 11.5. The molecule has 5 heteroatoms. The lowest BCUT2D eigenvalue weighted by molar-refractivity contribution is 0.0954. The summed E-state index contributed by atoms with van der Waals surface area (Å²) in [5.41, 5.74) is 4.72. The molecule has 2 aromatic carbocycles. The Morgan fingerprint density at radius 1 is 1.05 bits per heavy atom. The normalized spacial score (nSPS) is 13.1. The Bertz CT molecular complexity index is 696. The van der Waals surface area contributed by atoms with Crippen LogP contribution in [0.2, 0.25) is 0 Å². The van der Waals surface area contributed by atoms with E-state index in [0.29, 0.717) is 17.1 Å². The Labute approximate surface area is 122 Å². The van der Waals surface area contributed by atoms with Crippen LogP contribution < -0.4 is 14.9 Å². The van der Waals surface area contributed by atoms with Crippen LogP contribution in [0.1, 0.15) is 22.8 Å². The van der Waals surface area contributed by atoms with Gasteiger partial charge in [0, 0.05) is 5.56 Å². The molecule has 5 nitrogen and oxygen atoms in total. The molecule has 0 bridgehead atoms. The molecule has 3 rings (SSSR count). The number of fused-ring (bicyclic) bond motifs is 1. The van der Waals surface area contributed by atoms with Crippen LogP contribution in [-0.2, 0) is 0 Å². The van der Waals surface area contributed by atoms with E-state index in [1.54, 1.807) is 18.2 Å². The summed E-state index contributed by atoms with van der Waals surface area (Å²) in [6, 6.07) is 14.7. The molecule has 1 aliphatic rings. The Morgan fingerprint density at radius 3 is 2.62 bits per heavy atom. The zero-order chi connectivity index (χ0) is 14.7. The van der Waals surface area contributed by atoms with Crippen LogP contribution in [0.3, 0.4) is 0 Å². The first-order valence-electron chi connectivity index (χ1n) is 6.54. The Kier molecular flexibility index (Phi) is 3.55. The minimum Gasteiger partial charge on any atom is -0.454 e. The van der Waals surface area contributed by atoms with Crippen molar-refractivity contribution in [1.29, 1.82) is 0 Å². The van der Waals surface area contributed by atoms with E-state index in [0.717, 1.165) is 11.3 Å². The molecule has 1 N–H and O–H groups in total. The molecule has 21 heavy (non-hydrogen) atoms. The van der Waals surface area contributed by atoms with Crippen molar-refractivity contribution in [3.8, 4) is 11.5 Å². The Balaban J connectivity index is 1.72. The number of nitrogens with one attached hydrogen (secondary N) is 1.